The second-order valence-corrected chi connectivity index (χ2v) is 17.4. The van der Waals surface area contributed by atoms with Gasteiger partial charge in [-0.05, 0) is 97.2 Å². The van der Waals surface area contributed by atoms with E-state index in [0.29, 0.717) is 19.3 Å². The van der Waals surface area contributed by atoms with Crippen LogP contribution in [0.2, 0.25) is 0 Å². The molecule has 14 atom stereocenters. The zero-order valence-electron chi connectivity index (χ0n) is 27.5. The first kappa shape index (κ1) is 32.9. The summed E-state index contributed by atoms with van der Waals surface area (Å²) in [6.07, 6.45) is 2.66. The molecule has 4 saturated carbocycles. The van der Waals surface area contributed by atoms with E-state index in [0.717, 1.165) is 38.5 Å². The molecule has 5 fully saturated rings. The number of allylic oxidation sites excluding steroid dienone is 2. The van der Waals surface area contributed by atoms with Gasteiger partial charge < -0.3 is 40.1 Å². The molecule has 9 nitrogen and oxygen atoms in total. The zero-order valence-corrected chi connectivity index (χ0v) is 27.5. The van der Waals surface area contributed by atoms with Crippen LogP contribution in [0.1, 0.15) is 99.3 Å². The fraction of sp³-hybridized carbons (Fsp3) is 0.914. The quantitative estimate of drug-likeness (QED) is 0.204. The summed E-state index contributed by atoms with van der Waals surface area (Å²) in [7, 11) is 0. The maximum Gasteiger partial charge on any atom is 0.312 e. The lowest BCUT2D eigenvalue weighted by Gasteiger charge is -2.71. The molecule has 0 aromatic carbocycles. The van der Waals surface area contributed by atoms with E-state index in [1.165, 1.54) is 5.57 Å². The van der Waals surface area contributed by atoms with Gasteiger partial charge in [0.1, 0.15) is 23.7 Å². The van der Waals surface area contributed by atoms with Gasteiger partial charge in [-0.25, -0.2) is 0 Å². The van der Waals surface area contributed by atoms with Gasteiger partial charge in [-0.2, -0.15) is 0 Å². The van der Waals surface area contributed by atoms with Crippen molar-refractivity contribution in [1.82, 2.24) is 0 Å². The summed E-state index contributed by atoms with van der Waals surface area (Å²) < 4.78 is 12.0. The minimum atomic E-state index is -1.38. The van der Waals surface area contributed by atoms with Crippen LogP contribution in [0.5, 0.6) is 0 Å². The van der Waals surface area contributed by atoms with Gasteiger partial charge in [0.05, 0.1) is 25.4 Å². The number of aliphatic hydroxyl groups is 5. The molecule has 0 amide bonds. The van der Waals surface area contributed by atoms with E-state index >= 15 is 0 Å². The second-order valence-electron chi connectivity index (χ2n) is 17.4. The Morgan fingerprint density at radius 2 is 1.64 bits per heavy atom. The lowest BCUT2D eigenvalue weighted by Crippen LogP contribution is -2.68. The van der Waals surface area contributed by atoms with Crippen molar-refractivity contribution in [2.75, 3.05) is 13.2 Å². The summed E-state index contributed by atoms with van der Waals surface area (Å²) in [5.41, 5.74) is -1.15. The number of rotatable bonds is 4. The van der Waals surface area contributed by atoms with Crippen LogP contribution in [0.25, 0.3) is 0 Å². The first-order valence-electron chi connectivity index (χ1n) is 17.0. The molecule has 1 saturated heterocycles. The van der Waals surface area contributed by atoms with Crippen molar-refractivity contribution in [3.8, 4) is 0 Å². The molecular weight excluding hydrogens is 564 g/mol. The molecule has 0 aromatic rings. The number of carboxylic acids is 1. The molecule has 0 spiro atoms. The number of ether oxygens (including phenoxy) is 2. The summed E-state index contributed by atoms with van der Waals surface area (Å²) in [4.78, 5) is 13.0. The topological polar surface area (TPSA) is 157 Å². The average molecular weight is 621 g/mol. The minimum Gasteiger partial charge on any atom is -0.481 e. The number of carbonyl (C=O) groups is 1. The van der Waals surface area contributed by atoms with Crippen molar-refractivity contribution < 1.29 is 44.9 Å². The van der Waals surface area contributed by atoms with E-state index in [4.69, 9.17) is 9.47 Å². The highest BCUT2D eigenvalue weighted by Gasteiger charge is 2.71. The molecule has 250 valence electrons. The number of aliphatic hydroxyl groups excluding tert-OH is 5. The highest BCUT2D eigenvalue weighted by molar-refractivity contribution is 5.77. The Kier molecular flexibility index (Phi) is 7.81. The Bertz CT molecular complexity index is 1190. The number of fused-ring (bicyclic) bond motifs is 7. The molecule has 0 radical (unpaired) electrons. The third-order valence-corrected chi connectivity index (χ3v) is 14.9. The van der Waals surface area contributed by atoms with Gasteiger partial charge in [-0.1, -0.05) is 53.2 Å². The minimum absolute atomic E-state index is 0.00883. The standard InChI is InChI=1S/C35H56O9/c1-30(2)13-14-35(29(41)42)20(15-30)19-7-8-23-31(3)11-10-25(44-28-27(40)26(39)21(37)17-43-28)32(4,18-36)22(31)9-12-33(23,5)34(19,6)16-24(35)38/h7,20-28,36-40H,8-18H2,1-6H3,(H,41,42)/t20-,21-,22+,23+,24+,25-,26-,27+,28-,31-,32-,33+,34+,35+/m0/s1. The Morgan fingerprint density at radius 3 is 2.30 bits per heavy atom. The van der Waals surface area contributed by atoms with Gasteiger partial charge in [0.25, 0.3) is 0 Å². The summed E-state index contributed by atoms with van der Waals surface area (Å²) in [6.45, 7) is 13.4. The Hall–Kier alpha value is -1.07. The predicted molar refractivity (Wildman–Crippen MR) is 162 cm³/mol. The molecule has 44 heavy (non-hydrogen) atoms. The first-order valence-corrected chi connectivity index (χ1v) is 17.0. The van der Waals surface area contributed by atoms with E-state index in [-0.39, 0.29) is 52.6 Å². The normalized spacial score (nSPS) is 55.1. The van der Waals surface area contributed by atoms with Gasteiger partial charge in [-0.3, -0.25) is 4.79 Å². The van der Waals surface area contributed by atoms with Gasteiger partial charge >= 0.3 is 5.97 Å². The van der Waals surface area contributed by atoms with Crippen molar-refractivity contribution in [1.29, 1.82) is 0 Å². The highest BCUT2D eigenvalue weighted by Crippen LogP contribution is 2.76. The van der Waals surface area contributed by atoms with Crippen molar-refractivity contribution in [2.45, 2.75) is 136 Å². The van der Waals surface area contributed by atoms with E-state index in [9.17, 15) is 35.4 Å². The second kappa shape index (κ2) is 10.5. The van der Waals surface area contributed by atoms with Crippen LogP contribution in [0.4, 0.5) is 0 Å². The van der Waals surface area contributed by atoms with Crippen LogP contribution < -0.4 is 0 Å². The van der Waals surface area contributed by atoms with E-state index in [1.807, 2.05) is 0 Å². The monoisotopic (exact) mass is 620 g/mol. The molecule has 0 aromatic heterocycles. The highest BCUT2D eigenvalue weighted by atomic mass is 16.7. The van der Waals surface area contributed by atoms with Crippen LogP contribution in [0.3, 0.4) is 0 Å². The van der Waals surface area contributed by atoms with Crippen LogP contribution in [0, 0.1) is 50.2 Å². The van der Waals surface area contributed by atoms with Crippen LogP contribution in [-0.2, 0) is 14.3 Å². The Balaban J connectivity index is 1.34. The SMILES string of the molecule is CC1(C)CC[C@]2(C(=O)O)[C@H](O)C[C@]3(C)C(=CC[C@@H]4[C@@]5(C)CC[C@H](O[C@@H]6OC[C@H](O)[C@H](O)[C@H]6O)[C@@](C)(CO)[C@@H]5CC[C@]43C)[C@@H]2C1. The third kappa shape index (κ3) is 4.25. The molecule has 5 aliphatic carbocycles. The summed E-state index contributed by atoms with van der Waals surface area (Å²) in [6, 6.07) is 0. The maximum atomic E-state index is 13.0. The van der Waals surface area contributed by atoms with E-state index in [1.54, 1.807) is 0 Å². The van der Waals surface area contributed by atoms with Crippen molar-refractivity contribution in [3.63, 3.8) is 0 Å². The average Bonchev–Trinajstić information content (AvgIpc) is 2.94. The third-order valence-electron chi connectivity index (χ3n) is 14.9. The zero-order chi connectivity index (χ0) is 32.3. The number of hydrogen-bond donors (Lipinski definition) is 6. The van der Waals surface area contributed by atoms with E-state index in [2.05, 4.69) is 47.6 Å². The molecule has 6 aliphatic rings. The van der Waals surface area contributed by atoms with Gasteiger partial charge in [-0.15, -0.1) is 0 Å². The number of hydrogen-bond acceptors (Lipinski definition) is 8. The number of aliphatic carboxylic acids is 1. The fourth-order valence-corrected chi connectivity index (χ4v) is 12.0. The lowest BCUT2D eigenvalue weighted by atomic mass is 9.33. The molecule has 6 rings (SSSR count). The molecular formula is C35H56O9. The predicted octanol–water partition coefficient (Wildman–Crippen LogP) is 3.64. The lowest BCUT2D eigenvalue weighted by molar-refractivity contribution is -0.313. The van der Waals surface area contributed by atoms with Crippen molar-refractivity contribution in [3.05, 3.63) is 11.6 Å². The van der Waals surface area contributed by atoms with Crippen molar-refractivity contribution >= 4 is 5.97 Å². The van der Waals surface area contributed by atoms with Gasteiger partial charge in [0.15, 0.2) is 6.29 Å². The molecule has 1 heterocycles. The van der Waals surface area contributed by atoms with Gasteiger partial charge in [0, 0.05) is 5.41 Å². The molecule has 9 heteroatoms. The largest absolute Gasteiger partial charge is 0.481 e. The molecule has 0 bridgehead atoms. The van der Waals surface area contributed by atoms with Crippen molar-refractivity contribution in [2.24, 2.45) is 50.2 Å². The molecule has 1 aliphatic heterocycles. The Morgan fingerprint density at radius 1 is 0.932 bits per heavy atom. The maximum absolute atomic E-state index is 13.0. The molecule has 6 N–H and O–H groups in total. The van der Waals surface area contributed by atoms with Gasteiger partial charge in [0.2, 0.25) is 0 Å². The fourth-order valence-electron chi connectivity index (χ4n) is 12.0. The summed E-state index contributed by atoms with van der Waals surface area (Å²) in [5.74, 6) is -0.665. The summed E-state index contributed by atoms with van der Waals surface area (Å²) in [5, 5.41) is 64.2. The smallest absolute Gasteiger partial charge is 0.312 e. The van der Waals surface area contributed by atoms with Crippen LogP contribution in [0.15, 0.2) is 11.6 Å². The number of carboxylic acid groups (broad SMARTS) is 1. The first-order chi connectivity index (χ1) is 20.4. The van der Waals surface area contributed by atoms with Crippen LogP contribution in [-0.4, -0.2) is 86.6 Å². The Labute approximate surface area is 262 Å². The van der Waals surface area contributed by atoms with Crippen LogP contribution >= 0.6 is 0 Å². The van der Waals surface area contributed by atoms with E-state index < -0.39 is 53.6 Å². The molecule has 0 unspecified atom stereocenters. The summed E-state index contributed by atoms with van der Waals surface area (Å²) >= 11 is 0.